The number of benzene rings is 2. The van der Waals surface area contributed by atoms with Crippen molar-refractivity contribution in [1.82, 2.24) is 9.88 Å². The van der Waals surface area contributed by atoms with Gasteiger partial charge in [0.2, 0.25) is 5.91 Å². The van der Waals surface area contributed by atoms with Crippen LogP contribution in [-0.4, -0.2) is 41.9 Å². The van der Waals surface area contributed by atoms with Gasteiger partial charge in [0.25, 0.3) is 5.91 Å². The molecule has 2 N–H and O–H groups in total. The van der Waals surface area contributed by atoms with Gasteiger partial charge in [-0.1, -0.05) is 24.3 Å². The van der Waals surface area contributed by atoms with Crippen molar-refractivity contribution >= 4 is 40.1 Å². The number of carboxylic acid groups (broad SMARTS) is 1. The molecule has 33 heavy (non-hydrogen) atoms. The number of hydrogen-bond acceptors (Lipinski definition) is 6. The molecule has 0 unspecified atom stereocenters. The lowest BCUT2D eigenvalue weighted by molar-refractivity contribution is -0.242. The molecule has 0 aliphatic carbocycles. The minimum Gasteiger partial charge on any atom is -0.530 e. The normalized spacial score (nSPS) is 10.5. The molecule has 0 atom stereocenters. The number of nitrogens with one attached hydrogen (secondary N) is 2. The van der Waals surface area contributed by atoms with Gasteiger partial charge < -0.3 is 25.4 Å². The number of aromatic nitrogens is 1. The van der Waals surface area contributed by atoms with Gasteiger partial charge in [-0.2, -0.15) is 0 Å². The first kappa shape index (κ1) is 23.9. The summed E-state index contributed by atoms with van der Waals surface area (Å²) >= 11 is 1.44. The van der Waals surface area contributed by atoms with Crippen molar-refractivity contribution in [3.63, 3.8) is 0 Å². The lowest BCUT2D eigenvalue weighted by Gasteiger charge is -2.10. The molecule has 0 aliphatic heterocycles. The lowest BCUT2D eigenvalue weighted by atomic mass is 10.0. The second kappa shape index (κ2) is 10.7. The molecular weight excluding hydrogens is 440 g/mol. The predicted molar refractivity (Wildman–Crippen MR) is 127 cm³/mol. The van der Waals surface area contributed by atoms with Crippen LogP contribution in [0.15, 0.2) is 48.5 Å². The fraction of sp³-hybridized carbons (Fsp3) is 0.250. The Balaban J connectivity index is 1.74. The molecule has 0 saturated heterocycles. The van der Waals surface area contributed by atoms with Gasteiger partial charge in [0.05, 0.1) is 5.69 Å². The largest absolute Gasteiger partial charge is 0.530 e. The quantitative estimate of drug-likeness (QED) is 0.531. The van der Waals surface area contributed by atoms with Crippen LogP contribution in [0.5, 0.6) is 0 Å². The third kappa shape index (κ3) is 6.88. The Hall–Kier alpha value is -3.72. The van der Waals surface area contributed by atoms with Crippen molar-refractivity contribution in [3.8, 4) is 0 Å². The summed E-state index contributed by atoms with van der Waals surface area (Å²) in [6.07, 6.45) is 0.658. The van der Waals surface area contributed by atoms with Gasteiger partial charge in [0.15, 0.2) is 5.13 Å². The van der Waals surface area contributed by atoms with E-state index in [4.69, 9.17) is 0 Å². The highest BCUT2D eigenvalue weighted by molar-refractivity contribution is 7.15. The van der Waals surface area contributed by atoms with E-state index in [0.717, 1.165) is 21.7 Å². The van der Waals surface area contributed by atoms with Crippen LogP contribution in [0, 0.1) is 0 Å². The summed E-state index contributed by atoms with van der Waals surface area (Å²) in [5.41, 5.74) is 4.06. The van der Waals surface area contributed by atoms with E-state index in [1.807, 2.05) is 36.4 Å². The minimum atomic E-state index is -1.35. The summed E-state index contributed by atoms with van der Waals surface area (Å²) in [6, 6.07) is 14.6. The Morgan fingerprint density at radius 2 is 1.58 bits per heavy atom. The third-order valence-corrected chi connectivity index (χ3v) is 5.90. The fourth-order valence-electron chi connectivity index (χ4n) is 3.26. The molecule has 0 spiro atoms. The van der Waals surface area contributed by atoms with Crippen LogP contribution in [0.4, 0.5) is 15.6 Å². The van der Waals surface area contributed by atoms with Crippen molar-refractivity contribution in [1.29, 1.82) is 0 Å². The number of carbonyl (C=O) groups is 3. The fourth-order valence-corrected chi connectivity index (χ4v) is 4.35. The van der Waals surface area contributed by atoms with Crippen molar-refractivity contribution in [2.24, 2.45) is 0 Å². The van der Waals surface area contributed by atoms with Crippen LogP contribution >= 0.6 is 11.3 Å². The molecule has 3 aromatic rings. The van der Waals surface area contributed by atoms with E-state index in [-0.39, 0.29) is 11.8 Å². The summed E-state index contributed by atoms with van der Waals surface area (Å²) in [5, 5.41) is 16.2. The molecule has 0 fully saturated rings. The maximum Gasteiger partial charge on any atom is 0.253 e. The molecule has 9 heteroatoms. The van der Waals surface area contributed by atoms with Crippen LogP contribution in [0.3, 0.4) is 0 Å². The maximum absolute atomic E-state index is 12.1. The molecule has 1 heterocycles. The maximum atomic E-state index is 12.1. The summed E-state index contributed by atoms with van der Waals surface area (Å²) in [7, 11) is 3.44. The molecule has 172 valence electrons. The summed E-state index contributed by atoms with van der Waals surface area (Å²) < 4.78 is 0. The monoisotopic (exact) mass is 465 g/mol. The molecule has 0 bridgehead atoms. The highest BCUT2D eigenvalue weighted by Gasteiger charge is 2.14. The first-order valence-corrected chi connectivity index (χ1v) is 11.2. The molecule has 8 nitrogen and oxygen atoms in total. The molecular formula is C24H25N4O4S-. The topological polar surface area (TPSA) is 114 Å². The number of rotatable bonds is 8. The van der Waals surface area contributed by atoms with E-state index in [1.54, 1.807) is 26.2 Å². The van der Waals surface area contributed by atoms with Crippen LogP contribution in [-0.2, 0) is 24.1 Å². The molecule has 3 rings (SSSR count). The molecule has 0 saturated carbocycles. The van der Waals surface area contributed by atoms with Crippen LogP contribution in [0.2, 0.25) is 0 Å². The van der Waals surface area contributed by atoms with Crippen molar-refractivity contribution < 1.29 is 19.5 Å². The third-order valence-electron chi connectivity index (χ3n) is 4.88. The average Bonchev–Trinajstić information content (AvgIpc) is 3.13. The minimum absolute atomic E-state index is 0.0474. The van der Waals surface area contributed by atoms with E-state index < -0.39 is 6.09 Å². The number of aryl methyl sites for hydroxylation is 2. The van der Waals surface area contributed by atoms with Crippen molar-refractivity contribution in [2.75, 3.05) is 24.7 Å². The van der Waals surface area contributed by atoms with Gasteiger partial charge in [0.1, 0.15) is 6.09 Å². The smallest absolute Gasteiger partial charge is 0.253 e. The van der Waals surface area contributed by atoms with E-state index in [0.29, 0.717) is 35.6 Å². The second-order valence-corrected chi connectivity index (χ2v) is 8.84. The summed E-state index contributed by atoms with van der Waals surface area (Å²) in [6.45, 7) is 1.45. The molecule has 2 aromatic carbocycles. The zero-order chi connectivity index (χ0) is 24.0. The number of amides is 3. The number of nitrogens with zero attached hydrogens (tertiary/aromatic N) is 2. The Kier molecular flexibility index (Phi) is 7.78. The van der Waals surface area contributed by atoms with Gasteiger partial charge in [-0.05, 0) is 48.2 Å². The molecule has 0 aliphatic rings. The highest BCUT2D eigenvalue weighted by atomic mass is 32.1. The summed E-state index contributed by atoms with van der Waals surface area (Å²) in [4.78, 5) is 41.4. The van der Waals surface area contributed by atoms with Gasteiger partial charge in [-0.15, -0.1) is 11.3 Å². The van der Waals surface area contributed by atoms with E-state index in [2.05, 4.69) is 15.6 Å². The Labute approximate surface area is 196 Å². The van der Waals surface area contributed by atoms with Gasteiger partial charge >= 0.3 is 0 Å². The predicted octanol–water partition coefficient (Wildman–Crippen LogP) is 2.93. The van der Waals surface area contributed by atoms with Crippen molar-refractivity contribution in [3.05, 3.63) is 75.8 Å². The summed E-state index contributed by atoms with van der Waals surface area (Å²) in [5.74, 6) is -0.224. The number of hydrogen-bond donors (Lipinski definition) is 2. The number of anilines is 2. The van der Waals surface area contributed by atoms with Crippen LogP contribution in [0.25, 0.3) is 0 Å². The van der Waals surface area contributed by atoms with Gasteiger partial charge in [-0.3, -0.25) is 9.59 Å². The zero-order valence-corrected chi connectivity index (χ0v) is 19.5. The number of carbonyl (C=O) groups excluding carboxylic acids is 3. The number of thiazole rings is 1. The van der Waals surface area contributed by atoms with E-state index in [9.17, 15) is 19.5 Å². The SMILES string of the molecule is CC(=O)Nc1nc(CCc2ccc(NC(=O)[O-])cc2)c(Cc2ccc(C(=O)N(C)C)cc2)s1. The standard InChI is InChI=1S/C24H26N4O4S/c1-15(29)25-23-27-20(13-8-16-6-11-19(12-7-16)26-24(31)32)21(33-23)14-17-4-9-18(10-5-17)22(30)28(2)3/h4-7,9-12,26H,8,13-14H2,1-3H3,(H,31,32)(H,25,27,29)/p-1. The average molecular weight is 466 g/mol. The Bertz CT molecular complexity index is 1140. The molecule has 0 radical (unpaired) electrons. The molecule has 1 aromatic heterocycles. The zero-order valence-electron chi connectivity index (χ0n) is 18.7. The first-order chi connectivity index (χ1) is 15.7. The molecule has 3 amide bonds. The van der Waals surface area contributed by atoms with Gasteiger partial charge in [0, 0.05) is 43.6 Å². The van der Waals surface area contributed by atoms with Gasteiger partial charge in [-0.25, -0.2) is 4.98 Å². The van der Waals surface area contributed by atoms with Crippen LogP contribution in [0.1, 0.15) is 39.0 Å². The highest BCUT2D eigenvalue weighted by Crippen LogP contribution is 2.27. The van der Waals surface area contributed by atoms with E-state index >= 15 is 0 Å². The Morgan fingerprint density at radius 1 is 0.939 bits per heavy atom. The first-order valence-electron chi connectivity index (χ1n) is 10.3. The van der Waals surface area contributed by atoms with E-state index in [1.165, 1.54) is 23.2 Å². The Morgan fingerprint density at radius 3 is 2.15 bits per heavy atom. The van der Waals surface area contributed by atoms with Crippen LogP contribution < -0.4 is 15.7 Å². The van der Waals surface area contributed by atoms with Crippen molar-refractivity contribution in [2.45, 2.75) is 26.2 Å². The second-order valence-electron chi connectivity index (χ2n) is 7.75. The lowest BCUT2D eigenvalue weighted by Crippen LogP contribution is -2.28.